The molecule has 1 aromatic carbocycles. The van der Waals surface area contributed by atoms with Gasteiger partial charge in [0.15, 0.2) is 5.03 Å². The number of rotatable bonds is 3. The van der Waals surface area contributed by atoms with E-state index in [0.717, 1.165) is 0 Å². The van der Waals surface area contributed by atoms with Crippen molar-refractivity contribution >= 4 is 15.9 Å². The molecule has 2 aromatic rings. The molecule has 3 rings (SSSR count). The van der Waals surface area contributed by atoms with E-state index in [1.165, 1.54) is 16.8 Å². The highest BCUT2D eigenvalue weighted by atomic mass is 32.2. The standard InChI is InChI=1S/C17H19N5O3S/c1-20-12-16(19-13-20)26(24,25)22-8-2-7-21(9-10-22)17(23)15-5-3-14(11-18)4-6-15/h3-6,12-13H,2,7-10H2,1H3. The summed E-state index contributed by atoms with van der Waals surface area (Å²) in [5, 5.41) is 8.86. The van der Waals surface area contributed by atoms with Gasteiger partial charge < -0.3 is 9.47 Å². The van der Waals surface area contributed by atoms with Crippen molar-refractivity contribution in [2.24, 2.45) is 7.05 Å². The van der Waals surface area contributed by atoms with Crippen molar-refractivity contribution in [3.63, 3.8) is 0 Å². The number of hydrogen-bond acceptors (Lipinski definition) is 5. The molecule has 0 radical (unpaired) electrons. The van der Waals surface area contributed by atoms with E-state index >= 15 is 0 Å². The summed E-state index contributed by atoms with van der Waals surface area (Å²) in [5.74, 6) is -0.161. The van der Waals surface area contributed by atoms with Crippen LogP contribution in [0.4, 0.5) is 0 Å². The van der Waals surface area contributed by atoms with Crippen LogP contribution in [0, 0.1) is 11.3 Å². The van der Waals surface area contributed by atoms with Gasteiger partial charge in [-0.2, -0.15) is 9.57 Å². The van der Waals surface area contributed by atoms with Crippen LogP contribution in [0.5, 0.6) is 0 Å². The second kappa shape index (κ2) is 7.27. The lowest BCUT2D eigenvalue weighted by molar-refractivity contribution is 0.0764. The van der Waals surface area contributed by atoms with Gasteiger partial charge in [-0.1, -0.05) is 0 Å². The first kappa shape index (κ1) is 18.1. The van der Waals surface area contributed by atoms with Gasteiger partial charge in [0.05, 0.1) is 18.0 Å². The first-order valence-corrected chi connectivity index (χ1v) is 9.63. The highest BCUT2D eigenvalue weighted by Crippen LogP contribution is 2.17. The number of nitrogens with zero attached hydrogens (tertiary/aromatic N) is 5. The van der Waals surface area contributed by atoms with Crippen LogP contribution in [0.15, 0.2) is 41.8 Å². The average molecular weight is 373 g/mol. The Hall–Kier alpha value is -2.70. The molecule has 0 atom stereocenters. The Morgan fingerprint density at radius 1 is 1.15 bits per heavy atom. The van der Waals surface area contributed by atoms with Crippen molar-refractivity contribution in [2.45, 2.75) is 11.4 Å². The van der Waals surface area contributed by atoms with Gasteiger partial charge in [0.25, 0.3) is 15.9 Å². The number of amides is 1. The third-order valence-electron chi connectivity index (χ3n) is 4.29. The summed E-state index contributed by atoms with van der Waals surface area (Å²) in [6.45, 7) is 1.36. The molecule has 8 nitrogen and oxygen atoms in total. The molecule has 136 valence electrons. The highest BCUT2D eigenvalue weighted by molar-refractivity contribution is 7.89. The SMILES string of the molecule is Cn1cnc(S(=O)(=O)N2CCCN(C(=O)c3ccc(C#N)cc3)CC2)c1. The molecule has 0 N–H and O–H groups in total. The number of hydrogen-bond donors (Lipinski definition) is 0. The van der Waals surface area contributed by atoms with E-state index in [0.29, 0.717) is 37.2 Å². The van der Waals surface area contributed by atoms with Crippen LogP contribution < -0.4 is 0 Å². The number of carbonyl (C=O) groups is 1. The predicted molar refractivity (Wildman–Crippen MR) is 93.6 cm³/mol. The zero-order chi connectivity index (χ0) is 18.7. The van der Waals surface area contributed by atoms with E-state index in [1.807, 2.05) is 6.07 Å². The van der Waals surface area contributed by atoms with Crippen LogP contribution in [-0.4, -0.2) is 59.3 Å². The summed E-state index contributed by atoms with van der Waals surface area (Å²) in [5.41, 5.74) is 0.982. The molecule has 1 amide bonds. The van der Waals surface area contributed by atoms with Crippen LogP contribution in [0.3, 0.4) is 0 Å². The molecule has 1 aliphatic rings. The largest absolute Gasteiger partial charge is 0.339 e. The Morgan fingerprint density at radius 2 is 1.88 bits per heavy atom. The summed E-state index contributed by atoms with van der Waals surface area (Å²) in [7, 11) is -1.95. The van der Waals surface area contributed by atoms with Crippen molar-refractivity contribution in [1.82, 2.24) is 18.8 Å². The molecule has 0 saturated carbocycles. The summed E-state index contributed by atoms with van der Waals surface area (Å²) in [6.07, 6.45) is 3.47. The molecule has 1 fully saturated rings. The number of sulfonamides is 1. The second-order valence-electron chi connectivity index (χ2n) is 6.12. The predicted octanol–water partition coefficient (Wildman–Crippen LogP) is 0.829. The molecule has 1 aliphatic heterocycles. The summed E-state index contributed by atoms with van der Waals surface area (Å²) in [4.78, 5) is 18.2. The molecule has 2 heterocycles. The van der Waals surface area contributed by atoms with Gasteiger partial charge in [-0.25, -0.2) is 13.4 Å². The maximum atomic E-state index is 12.7. The van der Waals surface area contributed by atoms with Crippen LogP contribution in [0.2, 0.25) is 0 Å². The minimum Gasteiger partial charge on any atom is -0.339 e. The van der Waals surface area contributed by atoms with Crippen molar-refractivity contribution in [3.05, 3.63) is 47.9 Å². The lowest BCUT2D eigenvalue weighted by Gasteiger charge is -2.21. The average Bonchev–Trinajstić information content (AvgIpc) is 2.94. The second-order valence-corrected chi connectivity index (χ2v) is 8.00. The first-order valence-electron chi connectivity index (χ1n) is 8.19. The van der Waals surface area contributed by atoms with Crippen LogP contribution in [0.1, 0.15) is 22.3 Å². The fourth-order valence-corrected chi connectivity index (χ4v) is 4.30. The van der Waals surface area contributed by atoms with Gasteiger partial charge in [-0.3, -0.25) is 4.79 Å². The summed E-state index contributed by atoms with van der Waals surface area (Å²) >= 11 is 0. The zero-order valence-corrected chi connectivity index (χ0v) is 15.2. The van der Waals surface area contributed by atoms with E-state index in [-0.39, 0.29) is 17.5 Å². The zero-order valence-electron chi connectivity index (χ0n) is 14.4. The normalized spacial score (nSPS) is 16.1. The fourth-order valence-electron chi connectivity index (χ4n) is 2.86. The molecule has 26 heavy (non-hydrogen) atoms. The van der Waals surface area contributed by atoms with Crippen molar-refractivity contribution in [1.29, 1.82) is 5.26 Å². The summed E-state index contributed by atoms with van der Waals surface area (Å²) in [6, 6.07) is 8.46. The Morgan fingerprint density at radius 3 is 2.50 bits per heavy atom. The number of imidazole rings is 1. The Balaban J connectivity index is 1.71. The maximum Gasteiger partial charge on any atom is 0.262 e. The monoisotopic (exact) mass is 373 g/mol. The van der Waals surface area contributed by atoms with Gasteiger partial charge >= 0.3 is 0 Å². The van der Waals surface area contributed by atoms with Gasteiger partial charge in [0.2, 0.25) is 0 Å². The minimum atomic E-state index is -3.66. The fraction of sp³-hybridized carbons (Fsp3) is 0.353. The van der Waals surface area contributed by atoms with Crippen molar-refractivity contribution < 1.29 is 13.2 Å². The lowest BCUT2D eigenvalue weighted by Crippen LogP contribution is -2.37. The van der Waals surface area contributed by atoms with Crippen LogP contribution in [-0.2, 0) is 17.1 Å². The first-order chi connectivity index (χ1) is 12.4. The molecule has 0 bridgehead atoms. The van der Waals surface area contributed by atoms with Crippen LogP contribution in [0.25, 0.3) is 0 Å². The molecule has 0 aliphatic carbocycles. The van der Waals surface area contributed by atoms with Gasteiger partial charge in [0, 0.05) is 45.0 Å². The molecular formula is C17H19N5O3S. The van der Waals surface area contributed by atoms with Gasteiger partial charge in [-0.15, -0.1) is 0 Å². The minimum absolute atomic E-state index is 0.0202. The molecular weight excluding hydrogens is 354 g/mol. The van der Waals surface area contributed by atoms with E-state index in [2.05, 4.69) is 4.98 Å². The van der Waals surface area contributed by atoms with E-state index in [9.17, 15) is 13.2 Å². The number of aryl methyl sites for hydroxylation is 1. The summed E-state index contributed by atoms with van der Waals surface area (Å²) < 4.78 is 28.3. The molecule has 1 saturated heterocycles. The third-order valence-corrected chi connectivity index (χ3v) is 6.07. The smallest absolute Gasteiger partial charge is 0.262 e. The lowest BCUT2D eigenvalue weighted by atomic mass is 10.1. The number of aromatic nitrogens is 2. The van der Waals surface area contributed by atoms with Gasteiger partial charge in [0.1, 0.15) is 0 Å². The topological polar surface area (TPSA) is 99.3 Å². The number of nitriles is 1. The molecule has 0 spiro atoms. The molecule has 9 heteroatoms. The van der Waals surface area contributed by atoms with Gasteiger partial charge in [-0.05, 0) is 30.7 Å². The third kappa shape index (κ3) is 3.61. The van der Waals surface area contributed by atoms with E-state index in [4.69, 9.17) is 5.26 Å². The van der Waals surface area contributed by atoms with Crippen LogP contribution >= 0.6 is 0 Å². The molecule has 0 unspecified atom stereocenters. The van der Waals surface area contributed by atoms with E-state index in [1.54, 1.807) is 40.8 Å². The number of benzene rings is 1. The Bertz CT molecular complexity index is 944. The molecule has 1 aromatic heterocycles. The Labute approximate surface area is 152 Å². The van der Waals surface area contributed by atoms with E-state index < -0.39 is 10.0 Å². The van der Waals surface area contributed by atoms with Crippen molar-refractivity contribution in [2.75, 3.05) is 26.2 Å². The maximum absolute atomic E-state index is 12.7. The number of carbonyl (C=O) groups excluding carboxylic acids is 1. The quantitative estimate of drug-likeness (QED) is 0.793. The Kier molecular flexibility index (Phi) is 5.06. The highest BCUT2D eigenvalue weighted by Gasteiger charge is 2.30. The van der Waals surface area contributed by atoms with Crippen molar-refractivity contribution in [3.8, 4) is 6.07 Å².